The van der Waals surface area contributed by atoms with Crippen molar-refractivity contribution in [3.63, 3.8) is 0 Å². The lowest BCUT2D eigenvalue weighted by Crippen LogP contribution is -2.21. The first-order valence-electron chi connectivity index (χ1n) is 7.81. The zero-order valence-corrected chi connectivity index (χ0v) is 14.1. The minimum Gasteiger partial charge on any atom is -0.497 e. The number of anilines is 1. The van der Waals surface area contributed by atoms with E-state index in [9.17, 15) is 19.7 Å². The van der Waals surface area contributed by atoms with Crippen molar-refractivity contribution in [2.75, 3.05) is 19.0 Å². The standard InChI is InChI=1S/C18H18N2O6/c1-25-14-9-6-13(7-10-14)8-11-18(22)26-12-17(21)19-15-4-2-3-5-16(15)20(23)24/h2-7,9-10H,8,11-12H2,1H3,(H,19,21). The van der Waals surface area contributed by atoms with Gasteiger partial charge in [0.25, 0.3) is 11.6 Å². The van der Waals surface area contributed by atoms with Gasteiger partial charge in [0, 0.05) is 12.5 Å². The first-order chi connectivity index (χ1) is 12.5. The summed E-state index contributed by atoms with van der Waals surface area (Å²) in [5.41, 5.74) is 0.760. The molecule has 0 atom stereocenters. The van der Waals surface area contributed by atoms with Crippen LogP contribution < -0.4 is 10.1 Å². The Morgan fingerprint density at radius 2 is 1.81 bits per heavy atom. The Bertz CT molecular complexity index is 789. The maximum atomic E-state index is 11.8. The average molecular weight is 358 g/mol. The summed E-state index contributed by atoms with van der Waals surface area (Å²) in [5.74, 6) is -0.446. The molecule has 0 fully saturated rings. The lowest BCUT2D eigenvalue weighted by Gasteiger charge is -2.07. The number of rotatable bonds is 8. The molecule has 0 spiro atoms. The molecule has 0 aliphatic carbocycles. The summed E-state index contributed by atoms with van der Waals surface area (Å²) in [7, 11) is 1.57. The number of aryl methyl sites for hydroxylation is 1. The molecule has 2 rings (SSSR count). The summed E-state index contributed by atoms with van der Waals surface area (Å²) in [6.45, 7) is -0.506. The summed E-state index contributed by atoms with van der Waals surface area (Å²) < 4.78 is 9.95. The zero-order valence-electron chi connectivity index (χ0n) is 14.1. The minimum atomic E-state index is -0.642. The number of benzene rings is 2. The van der Waals surface area contributed by atoms with Gasteiger partial charge < -0.3 is 14.8 Å². The highest BCUT2D eigenvalue weighted by Crippen LogP contribution is 2.22. The molecule has 26 heavy (non-hydrogen) atoms. The highest BCUT2D eigenvalue weighted by atomic mass is 16.6. The molecule has 0 aliphatic rings. The van der Waals surface area contributed by atoms with Crippen LogP contribution in [0.4, 0.5) is 11.4 Å². The first-order valence-corrected chi connectivity index (χ1v) is 7.81. The maximum absolute atomic E-state index is 11.8. The predicted molar refractivity (Wildman–Crippen MR) is 94.0 cm³/mol. The van der Waals surface area contributed by atoms with Crippen LogP contribution in [0.15, 0.2) is 48.5 Å². The number of esters is 1. The summed E-state index contributed by atoms with van der Waals surface area (Å²) in [4.78, 5) is 33.8. The predicted octanol–water partition coefficient (Wildman–Crippen LogP) is 2.72. The Kier molecular flexibility index (Phi) is 6.67. The van der Waals surface area contributed by atoms with Crippen molar-refractivity contribution in [2.24, 2.45) is 0 Å². The normalized spacial score (nSPS) is 10.0. The number of ether oxygens (including phenoxy) is 2. The number of nitrogens with zero attached hydrogens (tertiary/aromatic N) is 1. The van der Waals surface area contributed by atoms with Gasteiger partial charge in [-0.05, 0) is 30.2 Å². The lowest BCUT2D eigenvalue weighted by molar-refractivity contribution is -0.383. The maximum Gasteiger partial charge on any atom is 0.306 e. The van der Waals surface area contributed by atoms with Gasteiger partial charge in [-0.2, -0.15) is 0 Å². The van der Waals surface area contributed by atoms with E-state index in [4.69, 9.17) is 9.47 Å². The number of nitro benzene ring substituents is 1. The molecule has 2 aromatic rings. The highest BCUT2D eigenvalue weighted by molar-refractivity contribution is 5.94. The van der Waals surface area contributed by atoms with Crippen LogP contribution in [0.2, 0.25) is 0 Å². The fourth-order valence-corrected chi connectivity index (χ4v) is 2.18. The van der Waals surface area contributed by atoms with Gasteiger partial charge >= 0.3 is 5.97 Å². The summed E-state index contributed by atoms with van der Waals surface area (Å²) in [6, 6.07) is 13.0. The SMILES string of the molecule is COc1ccc(CCC(=O)OCC(=O)Nc2ccccc2[N+](=O)[O-])cc1. The number of methoxy groups -OCH3 is 1. The fourth-order valence-electron chi connectivity index (χ4n) is 2.18. The molecule has 2 aromatic carbocycles. The quantitative estimate of drug-likeness (QED) is 0.442. The topological polar surface area (TPSA) is 108 Å². The number of carbonyl (C=O) groups is 2. The molecule has 1 N–H and O–H groups in total. The van der Waals surface area contributed by atoms with Gasteiger partial charge in [0.2, 0.25) is 0 Å². The van der Waals surface area contributed by atoms with E-state index in [1.54, 1.807) is 25.3 Å². The smallest absolute Gasteiger partial charge is 0.306 e. The average Bonchev–Trinajstić information content (AvgIpc) is 2.65. The van der Waals surface area contributed by atoms with E-state index in [0.29, 0.717) is 6.42 Å². The van der Waals surface area contributed by atoms with Crippen LogP contribution in [0.25, 0.3) is 0 Å². The van der Waals surface area contributed by atoms with E-state index in [1.165, 1.54) is 18.2 Å². The molecule has 8 nitrogen and oxygen atoms in total. The Balaban J connectivity index is 1.78. The van der Waals surface area contributed by atoms with E-state index in [2.05, 4.69) is 5.32 Å². The number of amides is 1. The molecule has 0 heterocycles. The third kappa shape index (κ3) is 5.59. The van der Waals surface area contributed by atoms with Crippen LogP contribution in [-0.2, 0) is 20.7 Å². The van der Waals surface area contributed by atoms with Crippen LogP contribution in [0.1, 0.15) is 12.0 Å². The van der Waals surface area contributed by atoms with Crippen LogP contribution in [-0.4, -0.2) is 30.5 Å². The van der Waals surface area contributed by atoms with Gasteiger partial charge in [-0.25, -0.2) is 0 Å². The molecule has 0 radical (unpaired) electrons. The van der Waals surface area contributed by atoms with E-state index in [-0.39, 0.29) is 17.8 Å². The molecule has 0 saturated heterocycles. The third-order valence-electron chi connectivity index (χ3n) is 3.52. The molecule has 136 valence electrons. The first kappa shape index (κ1) is 18.9. The molecule has 1 amide bonds. The van der Waals surface area contributed by atoms with Crippen molar-refractivity contribution in [2.45, 2.75) is 12.8 Å². The third-order valence-corrected chi connectivity index (χ3v) is 3.52. The van der Waals surface area contributed by atoms with Crippen molar-refractivity contribution >= 4 is 23.3 Å². The molecule has 0 saturated carbocycles. The Morgan fingerprint density at radius 3 is 2.46 bits per heavy atom. The van der Waals surface area contributed by atoms with Crippen LogP contribution >= 0.6 is 0 Å². The molecule has 8 heteroatoms. The second-order valence-electron chi connectivity index (χ2n) is 5.33. The molecule has 0 aromatic heterocycles. The largest absolute Gasteiger partial charge is 0.497 e. The fraction of sp³-hybridized carbons (Fsp3) is 0.222. The van der Waals surface area contributed by atoms with Crippen molar-refractivity contribution in [3.8, 4) is 5.75 Å². The Hall–Kier alpha value is -3.42. The number of nitrogens with one attached hydrogen (secondary N) is 1. The van der Waals surface area contributed by atoms with Crippen molar-refractivity contribution in [1.29, 1.82) is 0 Å². The van der Waals surface area contributed by atoms with E-state index >= 15 is 0 Å². The molecular weight excluding hydrogens is 340 g/mol. The number of hydrogen-bond donors (Lipinski definition) is 1. The number of carbonyl (C=O) groups excluding carboxylic acids is 2. The number of nitro groups is 1. The summed E-state index contributed by atoms with van der Waals surface area (Å²) in [6.07, 6.45) is 0.583. The molecule has 0 bridgehead atoms. The van der Waals surface area contributed by atoms with Gasteiger partial charge in [-0.3, -0.25) is 19.7 Å². The van der Waals surface area contributed by atoms with Crippen LogP contribution in [0, 0.1) is 10.1 Å². The van der Waals surface area contributed by atoms with E-state index in [0.717, 1.165) is 11.3 Å². The monoisotopic (exact) mass is 358 g/mol. The highest BCUT2D eigenvalue weighted by Gasteiger charge is 2.15. The van der Waals surface area contributed by atoms with Gasteiger partial charge in [-0.15, -0.1) is 0 Å². The van der Waals surface area contributed by atoms with Gasteiger partial charge in [-0.1, -0.05) is 24.3 Å². The van der Waals surface area contributed by atoms with E-state index in [1.807, 2.05) is 12.1 Å². The Morgan fingerprint density at radius 1 is 1.12 bits per heavy atom. The van der Waals surface area contributed by atoms with E-state index < -0.39 is 23.4 Å². The molecule has 0 unspecified atom stereocenters. The van der Waals surface area contributed by atoms with Gasteiger partial charge in [0.1, 0.15) is 11.4 Å². The van der Waals surface area contributed by atoms with Crippen LogP contribution in [0.3, 0.4) is 0 Å². The zero-order chi connectivity index (χ0) is 18.9. The second-order valence-corrected chi connectivity index (χ2v) is 5.33. The summed E-state index contributed by atoms with van der Waals surface area (Å²) in [5, 5.41) is 13.3. The Labute approximate surface area is 149 Å². The van der Waals surface area contributed by atoms with Gasteiger partial charge in [0.05, 0.1) is 12.0 Å². The van der Waals surface area contributed by atoms with Gasteiger partial charge in [0.15, 0.2) is 6.61 Å². The summed E-state index contributed by atoms with van der Waals surface area (Å²) >= 11 is 0. The lowest BCUT2D eigenvalue weighted by atomic mass is 10.1. The molecular formula is C18H18N2O6. The van der Waals surface area contributed by atoms with Crippen molar-refractivity contribution in [1.82, 2.24) is 0 Å². The number of para-hydroxylation sites is 2. The second kappa shape index (κ2) is 9.16. The van der Waals surface area contributed by atoms with Crippen molar-refractivity contribution < 1.29 is 24.0 Å². The number of hydrogen-bond acceptors (Lipinski definition) is 6. The van der Waals surface area contributed by atoms with Crippen LogP contribution in [0.5, 0.6) is 5.75 Å². The van der Waals surface area contributed by atoms with Crippen molar-refractivity contribution in [3.05, 3.63) is 64.2 Å². The molecule has 0 aliphatic heterocycles. The minimum absolute atomic E-state index is 0.0526.